The van der Waals surface area contributed by atoms with E-state index in [1.807, 2.05) is 18.2 Å². The molecule has 0 spiro atoms. The van der Waals surface area contributed by atoms with Crippen LogP contribution in [0.1, 0.15) is 42.9 Å². The number of carbonyl (C=O) groups is 2. The van der Waals surface area contributed by atoms with Crippen LogP contribution in [0.4, 0.5) is 0 Å². The smallest absolute Gasteiger partial charge is 0.295 e. The van der Waals surface area contributed by atoms with Crippen molar-refractivity contribution in [3.8, 4) is 17.2 Å². The molecule has 7 heteroatoms. The predicted molar refractivity (Wildman–Crippen MR) is 119 cm³/mol. The molecule has 168 valence electrons. The molecule has 4 rings (SSSR count). The lowest BCUT2D eigenvalue weighted by Crippen LogP contribution is -2.37. The van der Waals surface area contributed by atoms with Crippen LogP contribution in [-0.4, -0.2) is 49.1 Å². The summed E-state index contributed by atoms with van der Waals surface area (Å²) < 4.78 is 16.4. The topological polar surface area (TPSA) is 85.3 Å². The zero-order valence-electron chi connectivity index (χ0n) is 18.5. The van der Waals surface area contributed by atoms with Gasteiger partial charge in [0.1, 0.15) is 28.6 Å². The van der Waals surface area contributed by atoms with E-state index in [9.17, 15) is 14.7 Å². The second kappa shape index (κ2) is 8.94. The standard InChI is InChI=1S/C25H27NO6/c1-30-17-12-7-6-11-16(17)22-21(24(28)25(29)26(22)15-9-4-5-10-15)23(27)20-18(31-2)13-8-14-19(20)32-3/h6-8,11-15,22,27H,4-5,9-10H2,1-3H3/b23-21+. The number of hydrogen-bond acceptors (Lipinski definition) is 6. The number of methoxy groups -OCH3 is 3. The van der Waals surface area contributed by atoms with Crippen LogP contribution in [0, 0.1) is 0 Å². The Kier molecular flexibility index (Phi) is 6.08. The van der Waals surface area contributed by atoms with Crippen molar-refractivity contribution < 1.29 is 28.9 Å². The zero-order chi connectivity index (χ0) is 22.8. The highest BCUT2D eigenvalue weighted by atomic mass is 16.5. The Balaban J connectivity index is 1.99. The van der Waals surface area contributed by atoms with Crippen LogP contribution in [0.15, 0.2) is 48.0 Å². The van der Waals surface area contributed by atoms with Crippen LogP contribution in [-0.2, 0) is 9.59 Å². The van der Waals surface area contributed by atoms with Gasteiger partial charge in [-0.15, -0.1) is 0 Å². The summed E-state index contributed by atoms with van der Waals surface area (Å²) in [6, 6.07) is 11.5. The van der Waals surface area contributed by atoms with Crippen LogP contribution in [0.25, 0.3) is 5.76 Å². The molecule has 1 N–H and O–H groups in total. The number of ketones is 1. The Labute approximate surface area is 187 Å². The van der Waals surface area contributed by atoms with E-state index in [0.29, 0.717) is 22.8 Å². The first-order chi connectivity index (χ1) is 15.5. The summed E-state index contributed by atoms with van der Waals surface area (Å²) in [4.78, 5) is 28.2. The van der Waals surface area contributed by atoms with Gasteiger partial charge in [-0.1, -0.05) is 37.1 Å². The molecule has 1 aliphatic heterocycles. The highest BCUT2D eigenvalue weighted by Gasteiger charge is 2.50. The fourth-order valence-corrected chi connectivity index (χ4v) is 4.83. The van der Waals surface area contributed by atoms with Crippen LogP contribution in [0.3, 0.4) is 0 Å². The Morgan fingerprint density at radius 3 is 2.03 bits per heavy atom. The number of likely N-dealkylation sites (tertiary alicyclic amines) is 1. The van der Waals surface area contributed by atoms with Crippen molar-refractivity contribution in [2.24, 2.45) is 0 Å². The van der Waals surface area contributed by atoms with Gasteiger partial charge in [0.2, 0.25) is 0 Å². The summed E-state index contributed by atoms with van der Waals surface area (Å²) >= 11 is 0. The minimum atomic E-state index is -0.774. The maximum atomic E-state index is 13.3. The summed E-state index contributed by atoms with van der Waals surface area (Å²) in [6.07, 6.45) is 3.62. The highest BCUT2D eigenvalue weighted by molar-refractivity contribution is 6.46. The molecule has 2 fully saturated rings. The van der Waals surface area contributed by atoms with Crippen LogP contribution in [0.5, 0.6) is 17.2 Å². The van der Waals surface area contributed by atoms with E-state index in [4.69, 9.17) is 14.2 Å². The number of carbonyl (C=O) groups excluding carboxylic acids is 2. The van der Waals surface area contributed by atoms with Crippen molar-refractivity contribution >= 4 is 17.4 Å². The van der Waals surface area contributed by atoms with Gasteiger partial charge in [0.15, 0.2) is 0 Å². The van der Waals surface area contributed by atoms with E-state index in [1.54, 1.807) is 36.3 Å². The molecule has 7 nitrogen and oxygen atoms in total. The fourth-order valence-electron chi connectivity index (χ4n) is 4.83. The summed E-state index contributed by atoms with van der Waals surface area (Å²) in [5, 5.41) is 11.5. The van der Waals surface area contributed by atoms with Crippen LogP contribution in [0.2, 0.25) is 0 Å². The lowest BCUT2D eigenvalue weighted by molar-refractivity contribution is -0.141. The molecule has 32 heavy (non-hydrogen) atoms. The van der Waals surface area contributed by atoms with E-state index in [1.165, 1.54) is 14.2 Å². The first kappa shape index (κ1) is 21.7. The van der Waals surface area contributed by atoms with Gasteiger partial charge in [-0.2, -0.15) is 0 Å². The van der Waals surface area contributed by atoms with E-state index >= 15 is 0 Å². The second-order valence-corrected chi connectivity index (χ2v) is 7.92. The highest BCUT2D eigenvalue weighted by Crippen LogP contribution is 2.47. The minimum Gasteiger partial charge on any atom is -0.506 e. The van der Waals surface area contributed by atoms with E-state index < -0.39 is 17.7 Å². The molecule has 2 aromatic rings. The summed E-state index contributed by atoms with van der Waals surface area (Å²) in [5.74, 6) is -0.434. The normalized spacial score (nSPS) is 20.6. The average molecular weight is 437 g/mol. The van der Waals surface area contributed by atoms with Gasteiger partial charge >= 0.3 is 0 Å². The van der Waals surface area contributed by atoms with Crippen molar-refractivity contribution in [2.75, 3.05) is 21.3 Å². The van der Waals surface area contributed by atoms with E-state index in [0.717, 1.165) is 25.7 Å². The number of hydrogen-bond donors (Lipinski definition) is 1. The maximum Gasteiger partial charge on any atom is 0.295 e. The first-order valence-corrected chi connectivity index (χ1v) is 10.7. The Hall–Kier alpha value is -3.48. The van der Waals surface area contributed by atoms with Crippen molar-refractivity contribution in [3.05, 3.63) is 59.2 Å². The number of para-hydroxylation sites is 1. The van der Waals surface area contributed by atoms with Crippen molar-refractivity contribution in [1.29, 1.82) is 0 Å². The summed E-state index contributed by atoms with van der Waals surface area (Å²) in [7, 11) is 4.49. The first-order valence-electron chi connectivity index (χ1n) is 10.7. The largest absolute Gasteiger partial charge is 0.506 e. The number of aliphatic hydroxyl groups excluding tert-OH is 1. The number of nitrogens with zero attached hydrogens (tertiary/aromatic N) is 1. The number of amides is 1. The Morgan fingerprint density at radius 1 is 0.875 bits per heavy atom. The van der Waals surface area contributed by atoms with Gasteiger partial charge in [-0.05, 0) is 31.0 Å². The molecule has 1 heterocycles. The molecule has 0 radical (unpaired) electrons. The Bertz CT molecular complexity index is 1050. The molecule has 1 aliphatic carbocycles. The maximum absolute atomic E-state index is 13.3. The lowest BCUT2D eigenvalue weighted by atomic mass is 9.93. The third-order valence-electron chi connectivity index (χ3n) is 6.30. The van der Waals surface area contributed by atoms with Gasteiger partial charge < -0.3 is 24.2 Å². The molecule has 0 aromatic heterocycles. The molecule has 1 unspecified atom stereocenters. The third-order valence-corrected chi connectivity index (χ3v) is 6.30. The average Bonchev–Trinajstić information content (AvgIpc) is 3.44. The molecule has 1 saturated carbocycles. The third kappa shape index (κ3) is 3.47. The van der Waals surface area contributed by atoms with Gasteiger partial charge in [0.05, 0.1) is 32.9 Å². The monoisotopic (exact) mass is 437 g/mol. The van der Waals surface area contributed by atoms with Gasteiger partial charge in [0, 0.05) is 11.6 Å². The number of rotatable bonds is 6. The number of ether oxygens (including phenoxy) is 3. The molecule has 2 aliphatic rings. The number of Topliss-reactive ketones (excluding diaryl/α,β-unsaturated/α-hetero) is 1. The van der Waals surface area contributed by atoms with Crippen LogP contribution < -0.4 is 14.2 Å². The van der Waals surface area contributed by atoms with Gasteiger partial charge in [-0.25, -0.2) is 0 Å². The second-order valence-electron chi connectivity index (χ2n) is 7.92. The van der Waals surface area contributed by atoms with Crippen molar-refractivity contribution in [2.45, 2.75) is 37.8 Å². The molecule has 1 atom stereocenters. The zero-order valence-corrected chi connectivity index (χ0v) is 18.5. The fraction of sp³-hybridized carbons (Fsp3) is 0.360. The molecular formula is C25H27NO6. The molecule has 1 saturated heterocycles. The van der Waals surface area contributed by atoms with Crippen molar-refractivity contribution in [3.63, 3.8) is 0 Å². The SMILES string of the molecule is COc1ccccc1C1/C(=C(\O)c2c(OC)cccc2OC)C(=O)C(=O)N1C1CCCC1. The molecule has 2 aromatic carbocycles. The Morgan fingerprint density at radius 2 is 1.44 bits per heavy atom. The van der Waals surface area contributed by atoms with Gasteiger partial charge in [-0.3, -0.25) is 9.59 Å². The predicted octanol–water partition coefficient (Wildman–Crippen LogP) is 4.08. The summed E-state index contributed by atoms with van der Waals surface area (Å²) in [5.41, 5.74) is 0.896. The number of benzene rings is 2. The van der Waals surface area contributed by atoms with E-state index in [-0.39, 0.29) is 22.9 Å². The van der Waals surface area contributed by atoms with E-state index in [2.05, 4.69) is 0 Å². The molecule has 0 bridgehead atoms. The minimum absolute atomic E-state index is 0.00852. The summed E-state index contributed by atoms with van der Waals surface area (Å²) in [6.45, 7) is 0. The van der Waals surface area contributed by atoms with Gasteiger partial charge in [0.25, 0.3) is 11.7 Å². The van der Waals surface area contributed by atoms with Crippen molar-refractivity contribution in [1.82, 2.24) is 4.90 Å². The molecular weight excluding hydrogens is 410 g/mol. The number of aliphatic hydroxyl groups is 1. The molecule has 1 amide bonds. The lowest BCUT2D eigenvalue weighted by Gasteiger charge is -2.31. The van der Waals surface area contributed by atoms with Crippen LogP contribution >= 0.6 is 0 Å². The quantitative estimate of drug-likeness (QED) is 0.417.